The molecule has 5 heteroatoms. The summed E-state index contributed by atoms with van der Waals surface area (Å²) in [6, 6.07) is 56.4. The number of para-hydroxylation sites is 1. The molecule has 3 aromatic heterocycles. The fraction of sp³-hybridized carbons (Fsp3) is 0. The van der Waals surface area contributed by atoms with Gasteiger partial charge in [0.25, 0.3) is 0 Å². The molecule has 0 unspecified atom stereocenters. The van der Waals surface area contributed by atoms with Gasteiger partial charge in [0.2, 0.25) is 0 Å². The van der Waals surface area contributed by atoms with E-state index in [1.165, 1.54) is 15.5 Å². The van der Waals surface area contributed by atoms with Gasteiger partial charge in [-0.15, -0.1) is 11.3 Å². The third-order valence-electron chi connectivity index (χ3n) is 10.4. The van der Waals surface area contributed by atoms with Crippen LogP contribution in [0.3, 0.4) is 0 Å². The van der Waals surface area contributed by atoms with E-state index in [4.69, 9.17) is 17.7 Å². The number of fused-ring (bicyclic) bond motifs is 6. The van der Waals surface area contributed by atoms with E-state index in [1.807, 2.05) is 95.6 Å². The first-order valence-electron chi connectivity index (χ1n) is 20.4. The van der Waals surface area contributed by atoms with Gasteiger partial charge >= 0.3 is 0 Å². The van der Waals surface area contributed by atoms with Crippen molar-refractivity contribution < 1.29 is 5.48 Å². The molecule has 11 aromatic rings. The highest BCUT2D eigenvalue weighted by atomic mass is 32.1. The Morgan fingerprint density at radius 3 is 1.80 bits per heavy atom. The van der Waals surface area contributed by atoms with Crippen LogP contribution in [0.4, 0.5) is 0 Å². The average molecular weight is 737 g/mol. The second-order valence-electron chi connectivity index (χ2n) is 13.7. The fourth-order valence-electron chi connectivity index (χ4n) is 7.76. The Kier molecular flexibility index (Phi) is 6.70. The van der Waals surface area contributed by atoms with Crippen LogP contribution in [-0.2, 0) is 0 Å². The summed E-state index contributed by atoms with van der Waals surface area (Å²) in [4.78, 5) is 15.1. The van der Waals surface area contributed by atoms with Gasteiger partial charge in [-0.25, -0.2) is 15.0 Å². The number of hydrogen-bond donors (Lipinski definition) is 0. The number of thiophene rings is 1. The SMILES string of the molecule is [2H]c1c([2H])c([2H])c2c(c1[2H])c1cc(-c3ccccc3-c3ccccc3)ccc1n2-c1cccc(-c2nc(-c3ccccc3)nc(-c3ccc4c(c3)sc3ccccc34)n2)c1. The average Bonchev–Trinajstić information content (AvgIpc) is 3.86. The highest BCUT2D eigenvalue weighted by molar-refractivity contribution is 7.25. The molecule has 0 spiro atoms. The van der Waals surface area contributed by atoms with Crippen LogP contribution >= 0.6 is 11.3 Å². The van der Waals surface area contributed by atoms with Gasteiger partial charge in [-0.3, -0.25) is 0 Å². The summed E-state index contributed by atoms with van der Waals surface area (Å²) in [7, 11) is 0. The number of rotatable bonds is 6. The summed E-state index contributed by atoms with van der Waals surface area (Å²) in [5, 5.41) is 3.62. The van der Waals surface area contributed by atoms with E-state index >= 15 is 0 Å². The molecule has 3 heterocycles. The predicted molar refractivity (Wildman–Crippen MR) is 234 cm³/mol. The van der Waals surface area contributed by atoms with Gasteiger partial charge in [0.15, 0.2) is 17.5 Å². The van der Waals surface area contributed by atoms with E-state index in [-0.39, 0.29) is 24.2 Å². The van der Waals surface area contributed by atoms with Crippen LogP contribution in [0.2, 0.25) is 0 Å². The van der Waals surface area contributed by atoms with E-state index in [1.54, 1.807) is 11.3 Å². The van der Waals surface area contributed by atoms with Crippen LogP contribution < -0.4 is 0 Å². The van der Waals surface area contributed by atoms with E-state index in [0.717, 1.165) is 54.5 Å². The van der Waals surface area contributed by atoms with E-state index in [0.29, 0.717) is 34.1 Å². The maximum absolute atomic E-state index is 9.23. The molecular formula is C51H32N4S. The quantitative estimate of drug-likeness (QED) is 0.171. The summed E-state index contributed by atoms with van der Waals surface area (Å²) < 4.78 is 40.2. The van der Waals surface area contributed by atoms with Crippen LogP contribution in [0.1, 0.15) is 5.48 Å². The molecule has 0 N–H and O–H groups in total. The zero-order valence-electron chi connectivity index (χ0n) is 33.9. The fourth-order valence-corrected chi connectivity index (χ4v) is 8.91. The minimum atomic E-state index is -0.285. The number of hydrogen-bond acceptors (Lipinski definition) is 4. The minimum absolute atomic E-state index is 0.0791. The van der Waals surface area contributed by atoms with E-state index < -0.39 is 0 Å². The van der Waals surface area contributed by atoms with Crippen LogP contribution in [0.15, 0.2) is 194 Å². The topological polar surface area (TPSA) is 43.6 Å². The standard InChI is InChI=1S/C51H32N4S/c1-3-14-33(15-4-1)39-20-7-8-21-40(39)35-27-29-46-44(31-35)41-22-9-11-24-45(41)55(46)38-19-13-18-36(30-38)50-52-49(34-16-5-2-6-17-34)53-51(54-50)37-26-28-43-42-23-10-12-25-47(42)56-48(43)32-37/h1-32H/i9D,11D,22D,24D. The lowest BCUT2D eigenvalue weighted by molar-refractivity contribution is 1.07. The van der Waals surface area contributed by atoms with Crippen LogP contribution in [-0.4, -0.2) is 19.5 Å². The van der Waals surface area contributed by atoms with Crippen molar-refractivity contribution in [1.29, 1.82) is 0 Å². The second-order valence-corrected chi connectivity index (χ2v) is 14.8. The number of benzene rings is 8. The van der Waals surface area contributed by atoms with Gasteiger partial charge < -0.3 is 4.57 Å². The number of nitrogens with zero attached hydrogens (tertiary/aromatic N) is 4. The molecule has 0 atom stereocenters. The molecule has 0 saturated heterocycles. The zero-order valence-corrected chi connectivity index (χ0v) is 30.7. The molecule has 56 heavy (non-hydrogen) atoms. The molecule has 0 amide bonds. The van der Waals surface area contributed by atoms with Crippen LogP contribution in [0, 0.1) is 0 Å². The molecule has 0 aliphatic rings. The Hall–Kier alpha value is -7.21. The van der Waals surface area contributed by atoms with Crippen LogP contribution in [0.25, 0.3) is 104 Å². The first-order valence-corrected chi connectivity index (χ1v) is 19.3. The first kappa shape index (κ1) is 28.3. The van der Waals surface area contributed by atoms with Crippen molar-refractivity contribution in [1.82, 2.24) is 19.5 Å². The van der Waals surface area contributed by atoms with Gasteiger partial charge in [0.1, 0.15) is 0 Å². The van der Waals surface area contributed by atoms with Crippen molar-refractivity contribution in [3.63, 3.8) is 0 Å². The summed E-state index contributed by atoms with van der Waals surface area (Å²) in [6.45, 7) is 0. The Labute approximate surface area is 333 Å². The summed E-state index contributed by atoms with van der Waals surface area (Å²) in [5.74, 6) is 1.59. The van der Waals surface area contributed by atoms with Gasteiger partial charge in [-0.05, 0) is 64.7 Å². The Morgan fingerprint density at radius 1 is 0.393 bits per heavy atom. The highest BCUT2D eigenvalue weighted by Crippen LogP contribution is 2.39. The largest absolute Gasteiger partial charge is 0.309 e. The third kappa shape index (κ3) is 5.48. The maximum atomic E-state index is 9.23. The Morgan fingerprint density at radius 2 is 1.00 bits per heavy atom. The predicted octanol–water partition coefficient (Wildman–Crippen LogP) is 13.7. The van der Waals surface area contributed by atoms with Crippen molar-refractivity contribution in [3.05, 3.63) is 194 Å². The smallest absolute Gasteiger partial charge is 0.164 e. The third-order valence-corrected chi connectivity index (χ3v) is 11.5. The molecular weight excluding hydrogens is 701 g/mol. The monoisotopic (exact) mass is 736 g/mol. The molecule has 4 nitrogen and oxygen atoms in total. The Balaban J connectivity index is 1.10. The van der Waals surface area contributed by atoms with Crippen molar-refractivity contribution in [2.45, 2.75) is 0 Å². The lowest BCUT2D eigenvalue weighted by Gasteiger charge is -2.12. The number of aromatic nitrogens is 4. The molecule has 0 bridgehead atoms. The summed E-state index contributed by atoms with van der Waals surface area (Å²) in [5.41, 5.74) is 8.50. The summed E-state index contributed by atoms with van der Waals surface area (Å²) >= 11 is 1.75. The normalized spacial score (nSPS) is 12.6. The minimum Gasteiger partial charge on any atom is -0.309 e. The van der Waals surface area contributed by atoms with Gasteiger partial charge in [0, 0.05) is 53.3 Å². The second kappa shape index (κ2) is 13.3. The molecule has 8 aromatic carbocycles. The van der Waals surface area contributed by atoms with Crippen LogP contribution in [0.5, 0.6) is 0 Å². The zero-order chi connectivity index (χ0) is 40.5. The first-order chi connectivity index (χ1) is 29.4. The van der Waals surface area contributed by atoms with E-state index in [9.17, 15) is 2.74 Å². The molecule has 0 fully saturated rings. The lowest BCUT2D eigenvalue weighted by atomic mass is 9.94. The van der Waals surface area contributed by atoms with Crippen molar-refractivity contribution >= 4 is 53.3 Å². The molecule has 0 saturated carbocycles. The Bertz CT molecular complexity index is 3490. The van der Waals surface area contributed by atoms with Crippen molar-refractivity contribution in [2.24, 2.45) is 0 Å². The van der Waals surface area contributed by atoms with Crippen molar-refractivity contribution in [2.75, 3.05) is 0 Å². The van der Waals surface area contributed by atoms with Crippen molar-refractivity contribution in [3.8, 4) is 62.1 Å². The van der Waals surface area contributed by atoms with Gasteiger partial charge in [-0.2, -0.15) is 0 Å². The molecule has 0 aliphatic carbocycles. The molecule has 262 valence electrons. The van der Waals surface area contributed by atoms with E-state index in [2.05, 4.69) is 78.9 Å². The van der Waals surface area contributed by atoms with Gasteiger partial charge in [-0.1, -0.05) is 152 Å². The van der Waals surface area contributed by atoms with Gasteiger partial charge in [0.05, 0.1) is 16.5 Å². The summed E-state index contributed by atoms with van der Waals surface area (Å²) in [6.07, 6.45) is 0. The molecule has 0 aliphatic heterocycles. The molecule has 11 rings (SSSR count). The lowest BCUT2D eigenvalue weighted by Crippen LogP contribution is -2.01. The maximum Gasteiger partial charge on any atom is 0.164 e. The highest BCUT2D eigenvalue weighted by Gasteiger charge is 2.18. The molecule has 0 radical (unpaired) electrons.